The van der Waals surface area contributed by atoms with Crippen LogP contribution < -0.4 is 5.32 Å². The second-order valence-corrected chi connectivity index (χ2v) is 10.4. The third-order valence-electron chi connectivity index (χ3n) is 4.63. The fourth-order valence-corrected chi connectivity index (χ4v) is 5.99. The molecule has 1 aromatic heterocycles. The van der Waals surface area contributed by atoms with Crippen LogP contribution in [0.3, 0.4) is 0 Å². The molecule has 2 aromatic carbocycles. The highest BCUT2D eigenvalue weighted by molar-refractivity contribution is 8.02. The van der Waals surface area contributed by atoms with Crippen molar-refractivity contribution >= 4 is 68.2 Å². The average Bonchev–Trinajstić information content (AvgIpc) is 3.09. The molecule has 0 spiro atoms. The Kier molecular flexibility index (Phi) is 8.69. The summed E-state index contributed by atoms with van der Waals surface area (Å²) in [5.41, 5.74) is 2.85. The summed E-state index contributed by atoms with van der Waals surface area (Å²) in [7, 11) is 0. The largest absolute Gasteiger partial charge is 0.480 e. The topological polar surface area (TPSA) is 62.2 Å². The molecule has 4 nitrogen and oxygen atoms in total. The third kappa shape index (κ3) is 6.77. The molecule has 1 heterocycles. The van der Waals surface area contributed by atoms with Crippen molar-refractivity contribution in [3.8, 4) is 0 Å². The van der Waals surface area contributed by atoms with E-state index in [1.165, 1.54) is 23.1 Å². The summed E-state index contributed by atoms with van der Waals surface area (Å²) in [6.07, 6.45) is 4.97. The Hall–Kier alpha value is -1.47. The molecule has 0 saturated heterocycles. The number of fused-ring (bicyclic) bond motifs is 1. The molecule has 0 amide bonds. The van der Waals surface area contributed by atoms with E-state index in [1.54, 1.807) is 6.07 Å². The molecule has 2 N–H and O–H groups in total. The molecular weight excluding hydrogens is 459 g/mol. The van der Waals surface area contributed by atoms with Crippen molar-refractivity contribution in [3.05, 3.63) is 52.0 Å². The molecule has 0 fully saturated rings. The lowest BCUT2D eigenvalue weighted by atomic mass is 10.1. The van der Waals surface area contributed by atoms with Crippen LogP contribution in [0, 0.1) is 0 Å². The first-order chi connectivity index (χ1) is 14.4. The van der Waals surface area contributed by atoms with Crippen LogP contribution in [0.5, 0.6) is 0 Å². The van der Waals surface area contributed by atoms with E-state index in [0.29, 0.717) is 23.0 Å². The molecule has 160 valence electrons. The Morgan fingerprint density at radius 3 is 2.63 bits per heavy atom. The van der Waals surface area contributed by atoms with Gasteiger partial charge in [-0.2, -0.15) is 0 Å². The maximum absolute atomic E-state index is 11.6. The number of aliphatic carboxylic acids is 1. The summed E-state index contributed by atoms with van der Waals surface area (Å²) in [5, 5.41) is 13.7. The van der Waals surface area contributed by atoms with E-state index < -0.39 is 11.2 Å². The highest BCUT2D eigenvalue weighted by atomic mass is 35.5. The zero-order valence-electron chi connectivity index (χ0n) is 16.7. The maximum atomic E-state index is 11.6. The van der Waals surface area contributed by atoms with Crippen molar-refractivity contribution in [3.63, 3.8) is 0 Å². The Morgan fingerprint density at radius 2 is 1.93 bits per heavy atom. The van der Waals surface area contributed by atoms with Crippen molar-refractivity contribution in [1.29, 1.82) is 0 Å². The number of nitrogens with zero attached hydrogens (tertiary/aromatic N) is 1. The van der Waals surface area contributed by atoms with Crippen LogP contribution in [0.2, 0.25) is 10.0 Å². The number of nitrogens with one attached hydrogen (secondary N) is 1. The summed E-state index contributed by atoms with van der Waals surface area (Å²) in [6.45, 7) is 2.75. The van der Waals surface area contributed by atoms with Crippen molar-refractivity contribution in [2.75, 3.05) is 5.32 Å². The van der Waals surface area contributed by atoms with E-state index in [1.807, 2.05) is 30.3 Å². The SMILES string of the molecule is CCCCCCC(Sc1nc2ccc(NCc3cc(Cl)cc(Cl)c3)cc2s1)C(=O)O. The highest BCUT2D eigenvalue weighted by Crippen LogP contribution is 2.35. The van der Waals surface area contributed by atoms with Gasteiger partial charge in [-0.1, -0.05) is 67.6 Å². The number of carboxylic acids is 1. The molecule has 1 unspecified atom stereocenters. The molecule has 1 atom stereocenters. The molecule has 0 bridgehead atoms. The van der Waals surface area contributed by atoms with E-state index in [9.17, 15) is 9.90 Å². The van der Waals surface area contributed by atoms with Gasteiger partial charge in [-0.25, -0.2) is 4.98 Å². The molecular formula is C22H24Cl2N2O2S2. The predicted octanol–water partition coefficient (Wildman–Crippen LogP) is 7.73. The zero-order valence-corrected chi connectivity index (χ0v) is 19.8. The van der Waals surface area contributed by atoms with Gasteiger partial charge in [0.05, 0.1) is 10.2 Å². The van der Waals surface area contributed by atoms with Gasteiger partial charge in [-0.05, 0) is 48.4 Å². The number of hydrogen-bond donors (Lipinski definition) is 2. The quantitative estimate of drug-likeness (QED) is 0.216. The number of hydrogen-bond acceptors (Lipinski definition) is 5. The number of thioether (sulfide) groups is 1. The molecule has 0 aliphatic heterocycles. The number of thiazole rings is 1. The summed E-state index contributed by atoms with van der Waals surface area (Å²) in [5.74, 6) is -0.765. The van der Waals surface area contributed by atoms with Gasteiger partial charge in [-0.3, -0.25) is 4.79 Å². The minimum Gasteiger partial charge on any atom is -0.480 e. The van der Waals surface area contributed by atoms with E-state index >= 15 is 0 Å². The van der Waals surface area contributed by atoms with Crippen LogP contribution >= 0.6 is 46.3 Å². The first kappa shape index (κ1) is 23.2. The van der Waals surface area contributed by atoms with Crippen LogP contribution in [0.15, 0.2) is 40.7 Å². The van der Waals surface area contributed by atoms with Gasteiger partial charge in [0.2, 0.25) is 0 Å². The monoisotopic (exact) mass is 482 g/mol. The van der Waals surface area contributed by atoms with Gasteiger partial charge >= 0.3 is 5.97 Å². The minimum absolute atomic E-state index is 0.451. The maximum Gasteiger partial charge on any atom is 0.317 e. The molecule has 0 aliphatic carbocycles. The lowest BCUT2D eigenvalue weighted by Crippen LogP contribution is -2.15. The molecule has 3 rings (SSSR count). The Bertz CT molecular complexity index is 990. The normalized spacial score (nSPS) is 12.2. The number of carboxylic acid groups (broad SMARTS) is 1. The lowest BCUT2D eigenvalue weighted by Gasteiger charge is -2.09. The van der Waals surface area contributed by atoms with Gasteiger partial charge in [0, 0.05) is 22.3 Å². The minimum atomic E-state index is -0.765. The summed E-state index contributed by atoms with van der Waals surface area (Å²) in [6, 6.07) is 11.5. The van der Waals surface area contributed by atoms with Crippen molar-refractivity contribution in [2.45, 2.75) is 55.2 Å². The summed E-state index contributed by atoms with van der Waals surface area (Å²) in [4.78, 5) is 16.2. The van der Waals surface area contributed by atoms with Gasteiger partial charge in [0.15, 0.2) is 4.34 Å². The molecule has 0 aliphatic rings. The fourth-order valence-electron chi connectivity index (χ4n) is 3.09. The Morgan fingerprint density at radius 1 is 1.17 bits per heavy atom. The van der Waals surface area contributed by atoms with Crippen molar-refractivity contribution in [2.24, 2.45) is 0 Å². The highest BCUT2D eigenvalue weighted by Gasteiger charge is 2.20. The number of halogens is 2. The van der Waals surface area contributed by atoms with Crippen LogP contribution in [0.1, 0.15) is 44.6 Å². The number of carbonyl (C=O) groups is 1. The number of aromatic nitrogens is 1. The van der Waals surface area contributed by atoms with Crippen molar-refractivity contribution in [1.82, 2.24) is 4.98 Å². The van der Waals surface area contributed by atoms with E-state index in [0.717, 1.165) is 51.5 Å². The van der Waals surface area contributed by atoms with Crippen molar-refractivity contribution < 1.29 is 9.90 Å². The number of rotatable bonds is 11. The average molecular weight is 483 g/mol. The number of unbranched alkanes of at least 4 members (excludes halogenated alkanes) is 3. The van der Waals surface area contributed by atoms with Crippen LogP contribution in [0.25, 0.3) is 10.2 Å². The lowest BCUT2D eigenvalue weighted by molar-refractivity contribution is -0.136. The summed E-state index contributed by atoms with van der Waals surface area (Å²) < 4.78 is 1.83. The zero-order chi connectivity index (χ0) is 21.5. The smallest absolute Gasteiger partial charge is 0.317 e. The van der Waals surface area contributed by atoms with E-state index in [-0.39, 0.29) is 0 Å². The first-order valence-corrected chi connectivity index (χ1v) is 12.4. The van der Waals surface area contributed by atoms with Crippen LogP contribution in [0.4, 0.5) is 5.69 Å². The molecule has 0 radical (unpaired) electrons. The molecule has 0 saturated carbocycles. The van der Waals surface area contributed by atoms with Gasteiger partial charge < -0.3 is 10.4 Å². The third-order valence-corrected chi connectivity index (χ3v) is 7.43. The van der Waals surface area contributed by atoms with Gasteiger partial charge in [-0.15, -0.1) is 11.3 Å². The van der Waals surface area contributed by atoms with Crippen LogP contribution in [-0.4, -0.2) is 21.3 Å². The molecule has 30 heavy (non-hydrogen) atoms. The Balaban J connectivity index is 1.65. The Labute approximate surface area is 195 Å². The van der Waals surface area contributed by atoms with E-state index in [4.69, 9.17) is 23.2 Å². The number of benzene rings is 2. The predicted molar refractivity (Wildman–Crippen MR) is 129 cm³/mol. The second kappa shape index (κ2) is 11.2. The first-order valence-electron chi connectivity index (χ1n) is 9.93. The number of anilines is 1. The van der Waals surface area contributed by atoms with Gasteiger partial charge in [0.1, 0.15) is 5.25 Å². The summed E-state index contributed by atoms with van der Waals surface area (Å²) >= 11 is 15.0. The molecule has 8 heteroatoms. The standard InChI is InChI=1S/C22H24Cl2N2O2S2/c1-2-3-4-5-6-19(21(27)28)29-22-26-18-8-7-17(12-20(18)30-22)25-13-14-9-15(23)11-16(24)10-14/h7-12,19,25H,2-6,13H2,1H3,(H,27,28). The van der Waals surface area contributed by atoms with E-state index in [2.05, 4.69) is 17.2 Å². The molecule has 3 aromatic rings. The van der Waals surface area contributed by atoms with Gasteiger partial charge in [0.25, 0.3) is 0 Å². The second-order valence-electron chi connectivity index (χ2n) is 7.09. The fraction of sp³-hybridized carbons (Fsp3) is 0.364. The van der Waals surface area contributed by atoms with Crippen LogP contribution in [-0.2, 0) is 11.3 Å².